The number of pyridine rings is 2. The van der Waals surface area contributed by atoms with Gasteiger partial charge in [-0.05, 0) is 61.6 Å². The predicted octanol–water partition coefficient (Wildman–Crippen LogP) is 3.69. The molecule has 3 aromatic heterocycles. The number of amides is 1. The summed E-state index contributed by atoms with van der Waals surface area (Å²) in [7, 11) is 0. The minimum atomic E-state index is -0.113. The fraction of sp³-hybridized carbons (Fsp3) is 0.440. The molecular weight excluding hydrogens is 462 g/mol. The van der Waals surface area contributed by atoms with Crippen LogP contribution in [0.15, 0.2) is 43.1 Å². The monoisotopic (exact) mass is 493 g/mol. The predicted molar refractivity (Wildman–Crippen MR) is 139 cm³/mol. The first-order valence-electron chi connectivity index (χ1n) is 12.1. The summed E-state index contributed by atoms with van der Waals surface area (Å²) in [6.07, 6.45) is 7.06. The molecule has 0 radical (unpaired) electrons. The quantitative estimate of drug-likeness (QED) is 0.408. The normalized spacial score (nSPS) is 20.9. The van der Waals surface area contributed by atoms with Crippen LogP contribution in [0.5, 0.6) is 0 Å². The highest BCUT2D eigenvalue weighted by Crippen LogP contribution is 2.28. The zero-order valence-corrected chi connectivity index (χ0v) is 20.5. The van der Waals surface area contributed by atoms with Gasteiger partial charge in [-0.3, -0.25) is 9.69 Å². The molecule has 10 heteroatoms. The van der Waals surface area contributed by atoms with Crippen molar-refractivity contribution in [1.82, 2.24) is 25.2 Å². The first kappa shape index (κ1) is 23.7. The second kappa shape index (κ2) is 11.1. The van der Waals surface area contributed by atoms with E-state index in [1.807, 2.05) is 12.1 Å². The van der Waals surface area contributed by atoms with Gasteiger partial charge < -0.3 is 20.7 Å². The Morgan fingerprint density at radius 3 is 2.86 bits per heavy atom. The average molecular weight is 494 g/mol. The third kappa shape index (κ3) is 6.33. The van der Waals surface area contributed by atoms with E-state index in [1.54, 1.807) is 6.20 Å². The summed E-state index contributed by atoms with van der Waals surface area (Å²) in [5.41, 5.74) is 2.05. The van der Waals surface area contributed by atoms with Crippen molar-refractivity contribution >= 4 is 44.4 Å². The molecule has 1 aliphatic heterocycles. The van der Waals surface area contributed by atoms with Crippen LogP contribution >= 0.6 is 11.3 Å². The van der Waals surface area contributed by atoms with Crippen molar-refractivity contribution in [2.24, 2.45) is 0 Å². The average Bonchev–Trinajstić information content (AvgIpc) is 3.27. The van der Waals surface area contributed by atoms with Crippen LogP contribution < -0.4 is 16.0 Å². The van der Waals surface area contributed by atoms with Crippen molar-refractivity contribution in [2.75, 3.05) is 36.9 Å². The molecule has 2 atom stereocenters. The van der Waals surface area contributed by atoms with Gasteiger partial charge in [-0.15, -0.1) is 0 Å². The van der Waals surface area contributed by atoms with Gasteiger partial charge in [-0.2, -0.15) is 0 Å². The van der Waals surface area contributed by atoms with Crippen LogP contribution in [0.25, 0.3) is 10.3 Å². The van der Waals surface area contributed by atoms with Crippen LogP contribution in [0.2, 0.25) is 0 Å². The van der Waals surface area contributed by atoms with Gasteiger partial charge in [0.1, 0.15) is 22.0 Å². The molecule has 9 nitrogen and oxygen atoms in total. The molecular formula is C25H31N7O2S. The van der Waals surface area contributed by atoms with Crippen molar-refractivity contribution in [2.45, 2.75) is 44.3 Å². The summed E-state index contributed by atoms with van der Waals surface area (Å²) >= 11 is 1.51. The van der Waals surface area contributed by atoms with Crippen molar-refractivity contribution < 1.29 is 9.53 Å². The topological polar surface area (TPSA) is 104 Å². The zero-order chi connectivity index (χ0) is 24.0. The van der Waals surface area contributed by atoms with Crippen LogP contribution in [-0.2, 0) is 16.1 Å². The largest absolute Gasteiger partial charge is 0.379 e. The van der Waals surface area contributed by atoms with E-state index in [0.717, 1.165) is 85.6 Å². The van der Waals surface area contributed by atoms with Crippen LogP contribution in [0.4, 0.5) is 16.8 Å². The van der Waals surface area contributed by atoms with Crippen LogP contribution in [0.1, 0.15) is 31.2 Å². The lowest BCUT2D eigenvalue weighted by Crippen LogP contribution is -2.41. The SMILES string of the molecule is C=CC(=O)NC1CCCC(Nc2cc(CN3CCOCC3)cc(Nc3nc4cccnc4s3)n2)C1. The number of rotatable bonds is 8. The number of carbonyl (C=O) groups excluding carboxylic acids is 1. The van der Waals surface area contributed by atoms with E-state index in [4.69, 9.17) is 9.72 Å². The summed E-state index contributed by atoms with van der Waals surface area (Å²) < 4.78 is 5.51. The Kier molecular flexibility index (Phi) is 7.51. The van der Waals surface area contributed by atoms with Gasteiger partial charge in [-0.1, -0.05) is 17.9 Å². The lowest BCUT2D eigenvalue weighted by atomic mass is 9.91. The maximum atomic E-state index is 11.8. The maximum absolute atomic E-state index is 11.8. The van der Waals surface area contributed by atoms with E-state index in [0.29, 0.717) is 0 Å². The molecule has 1 saturated carbocycles. The molecule has 0 aromatic carbocycles. The molecule has 2 fully saturated rings. The van der Waals surface area contributed by atoms with Crippen LogP contribution in [-0.4, -0.2) is 64.1 Å². The number of aromatic nitrogens is 3. The second-order valence-electron chi connectivity index (χ2n) is 9.02. The van der Waals surface area contributed by atoms with Crippen LogP contribution in [0, 0.1) is 0 Å². The Morgan fingerprint density at radius 1 is 1.20 bits per heavy atom. The molecule has 3 aromatic rings. The molecule has 0 bridgehead atoms. The van der Waals surface area contributed by atoms with E-state index in [9.17, 15) is 4.79 Å². The standard InChI is InChI=1S/C25H31N7O2S/c1-2-23(33)28-19-6-3-5-18(15-19)27-21-13-17(16-32-9-11-34-12-10-32)14-22(30-21)31-25-29-20-7-4-8-26-24(20)35-25/h2,4,7-8,13-14,18-19H,1,3,5-6,9-12,15-16H2,(H,28,33)(H2,27,29,30,31). The van der Waals surface area contributed by atoms with Crippen LogP contribution in [0.3, 0.4) is 0 Å². The lowest BCUT2D eigenvalue weighted by Gasteiger charge is -2.31. The van der Waals surface area contributed by atoms with E-state index < -0.39 is 0 Å². The molecule has 2 unspecified atom stereocenters. The summed E-state index contributed by atoms with van der Waals surface area (Å²) in [6, 6.07) is 8.47. The van der Waals surface area contributed by atoms with E-state index in [2.05, 4.69) is 49.5 Å². The number of ether oxygens (including phenoxy) is 1. The highest BCUT2D eigenvalue weighted by atomic mass is 32.1. The Morgan fingerprint density at radius 2 is 2.03 bits per heavy atom. The third-order valence-corrected chi connectivity index (χ3v) is 7.25. The summed E-state index contributed by atoms with van der Waals surface area (Å²) in [5, 5.41) is 10.8. The minimum absolute atomic E-state index is 0.113. The molecule has 4 heterocycles. The number of carbonyl (C=O) groups is 1. The third-order valence-electron chi connectivity index (χ3n) is 6.35. The van der Waals surface area contributed by atoms with E-state index >= 15 is 0 Å². The number of morpholine rings is 1. The molecule has 184 valence electrons. The number of thiazole rings is 1. The van der Waals surface area contributed by atoms with Crippen molar-refractivity contribution in [1.29, 1.82) is 0 Å². The fourth-order valence-electron chi connectivity index (χ4n) is 4.69. The molecule has 0 spiro atoms. The summed E-state index contributed by atoms with van der Waals surface area (Å²) in [4.78, 5) is 29.0. The van der Waals surface area contributed by atoms with Gasteiger partial charge in [0.05, 0.1) is 13.2 Å². The Hall–Kier alpha value is -3.08. The molecule has 1 amide bonds. The number of nitrogens with one attached hydrogen (secondary N) is 3. The lowest BCUT2D eigenvalue weighted by molar-refractivity contribution is -0.117. The first-order chi connectivity index (χ1) is 17.1. The van der Waals surface area contributed by atoms with E-state index in [1.165, 1.54) is 23.0 Å². The van der Waals surface area contributed by atoms with Gasteiger partial charge in [-0.25, -0.2) is 15.0 Å². The highest BCUT2D eigenvalue weighted by molar-refractivity contribution is 7.21. The van der Waals surface area contributed by atoms with E-state index in [-0.39, 0.29) is 18.0 Å². The van der Waals surface area contributed by atoms with Crippen molar-refractivity contribution in [3.63, 3.8) is 0 Å². The molecule has 35 heavy (non-hydrogen) atoms. The number of fused-ring (bicyclic) bond motifs is 1. The molecule has 1 aliphatic carbocycles. The number of hydrogen-bond acceptors (Lipinski definition) is 9. The van der Waals surface area contributed by atoms with Gasteiger partial charge in [0.2, 0.25) is 5.91 Å². The second-order valence-corrected chi connectivity index (χ2v) is 10.0. The number of hydrogen-bond donors (Lipinski definition) is 3. The smallest absolute Gasteiger partial charge is 0.243 e. The molecule has 2 aliphatic rings. The zero-order valence-electron chi connectivity index (χ0n) is 19.7. The first-order valence-corrected chi connectivity index (χ1v) is 13.0. The van der Waals surface area contributed by atoms with Gasteiger partial charge in [0.15, 0.2) is 5.13 Å². The minimum Gasteiger partial charge on any atom is -0.379 e. The number of anilines is 3. The van der Waals surface area contributed by atoms with Crippen molar-refractivity contribution in [3.05, 3.63) is 48.7 Å². The number of nitrogens with zero attached hydrogens (tertiary/aromatic N) is 4. The maximum Gasteiger partial charge on any atom is 0.243 e. The Balaban J connectivity index is 1.34. The Bertz CT molecular complexity index is 1140. The van der Waals surface area contributed by atoms with Gasteiger partial charge >= 0.3 is 0 Å². The van der Waals surface area contributed by atoms with Crippen molar-refractivity contribution in [3.8, 4) is 0 Å². The summed E-state index contributed by atoms with van der Waals surface area (Å²) in [6.45, 7) is 7.77. The van der Waals surface area contributed by atoms with Gasteiger partial charge in [0.25, 0.3) is 0 Å². The fourth-order valence-corrected chi connectivity index (χ4v) is 5.50. The Labute approximate surface area is 209 Å². The van der Waals surface area contributed by atoms with Gasteiger partial charge in [0, 0.05) is 37.9 Å². The molecule has 3 N–H and O–H groups in total. The summed E-state index contributed by atoms with van der Waals surface area (Å²) in [5.74, 6) is 1.47. The highest BCUT2D eigenvalue weighted by Gasteiger charge is 2.23. The molecule has 5 rings (SSSR count). The molecule has 1 saturated heterocycles.